The number of nitriles is 1. The molecular formula is C15H21N3. The number of hydrogen-bond acceptors (Lipinski definition) is 3. The van der Waals surface area contributed by atoms with E-state index in [4.69, 9.17) is 11.0 Å². The van der Waals surface area contributed by atoms with Gasteiger partial charge in [0.2, 0.25) is 0 Å². The van der Waals surface area contributed by atoms with Gasteiger partial charge in [-0.1, -0.05) is 12.1 Å². The third-order valence-corrected chi connectivity index (χ3v) is 3.89. The van der Waals surface area contributed by atoms with Crippen LogP contribution in [0.25, 0.3) is 0 Å². The monoisotopic (exact) mass is 243 g/mol. The van der Waals surface area contributed by atoms with E-state index >= 15 is 0 Å². The molecule has 0 aliphatic carbocycles. The first kappa shape index (κ1) is 13.1. The molecule has 0 bridgehead atoms. The summed E-state index contributed by atoms with van der Waals surface area (Å²) in [6.07, 6.45) is 1.15. The van der Waals surface area contributed by atoms with Crippen LogP contribution in [0.2, 0.25) is 0 Å². The van der Waals surface area contributed by atoms with E-state index in [0.29, 0.717) is 24.5 Å². The Balaban J connectivity index is 2.34. The number of rotatable bonds is 3. The minimum absolute atomic E-state index is 0.364. The van der Waals surface area contributed by atoms with Crippen LogP contribution in [0.4, 0.5) is 0 Å². The van der Waals surface area contributed by atoms with Gasteiger partial charge in [-0.3, -0.25) is 4.90 Å². The van der Waals surface area contributed by atoms with Crippen LogP contribution in [-0.2, 0) is 0 Å². The van der Waals surface area contributed by atoms with E-state index in [1.54, 1.807) is 0 Å². The van der Waals surface area contributed by atoms with Crippen LogP contribution in [0.5, 0.6) is 0 Å². The molecule has 1 aliphatic rings. The maximum absolute atomic E-state index is 9.01. The summed E-state index contributed by atoms with van der Waals surface area (Å²) in [7, 11) is 0. The number of likely N-dealkylation sites (tertiary alicyclic amines) is 1. The Kier molecular flexibility index (Phi) is 4.00. The zero-order valence-electron chi connectivity index (χ0n) is 11.1. The molecular weight excluding hydrogens is 222 g/mol. The first-order chi connectivity index (χ1) is 8.67. The molecule has 18 heavy (non-hydrogen) atoms. The highest BCUT2D eigenvalue weighted by atomic mass is 15.2. The van der Waals surface area contributed by atoms with Crippen LogP contribution in [0, 0.1) is 17.2 Å². The minimum atomic E-state index is 0.364. The topological polar surface area (TPSA) is 53.0 Å². The van der Waals surface area contributed by atoms with Gasteiger partial charge >= 0.3 is 0 Å². The zero-order chi connectivity index (χ0) is 13.1. The van der Waals surface area contributed by atoms with Gasteiger partial charge in [-0.2, -0.15) is 5.26 Å². The van der Waals surface area contributed by atoms with Crippen molar-refractivity contribution in [2.24, 2.45) is 11.7 Å². The van der Waals surface area contributed by atoms with Gasteiger partial charge in [0.1, 0.15) is 0 Å². The Hall–Kier alpha value is -1.37. The standard InChI is InChI=1S/C15H21N3/c1-11(2)18-7-6-14(10-17)15(18)13-5-3-4-12(8-13)9-16/h3-5,8,11,14-15H,6-7,10,17H2,1-2H3. The smallest absolute Gasteiger partial charge is 0.0991 e. The fourth-order valence-electron chi connectivity index (χ4n) is 2.96. The van der Waals surface area contributed by atoms with Crippen molar-refractivity contribution in [2.45, 2.75) is 32.4 Å². The second-order valence-electron chi connectivity index (χ2n) is 5.30. The maximum atomic E-state index is 9.01. The van der Waals surface area contributed by atoms with E-state index in [9.17, 15) is 0 Å². The molecule has 0 aromatic heterocycles. The number of nitrogens with two attached hydrogens (primary N) is 1. The van der Waals surface area contributed by atoms with E-state index in [1.165, 1.54) is 5.56 Å². The second-order valence-corrected chi connectivity index (χ2v) is 5.30. The van der Waals surface area contributed by atoms with Crippen molar-refractivity contribution in [3.8, 4) is 6.07 Å². The highest BCUT2D eigenvalue weighted by molar-refractivity contribution is 5.35. The van der Waals surface area contributed by atoms with Crippen molar-refractivity contribution in [3.63, 3.8) is 0 Å². The van der Waals surface area contributed by atoms with Gasteiger partial charge in [-0.15, -0.1) is 0 Å². The Bertz CT molecular complexity index is 447. The van der Waals surface area contributed by atoms with Crippen LogP contribution in [-0.4, -0.2) is 24.0 Å². The normalized spacial score (nSPS) is 24.4. The molecule has 1 fully saturated rings. The lowest BCUT2D eigenvalue weighted by molar-refractivity contribution is 0.184. The summed E-state index contributed by atoms with van der Waals surface area (Å²) in [5.74, 6) is 0.501. The molecule has 1 heterocycles. The predicted octanol–water partition coefficient (Wildman–Crippen LogP) is 2.29. The number of benzene rings is 1. The molecule has 0 amide bonds. The molecule has 0 radical (unpaired) electrons. The molecule has 3 heteroatoms. The van der Waals surface area contributed by atoms with Gasteiger partial charge in [0.25, 0.3) is 0 Å². The van der Waals surface area contributed by atoms with Crippen molar-refractivity contribution in [1.82, 2.24) is 4.90 Å². The molecule has 2 atom stereocenters. The summed E-state index contributed by atoms with van der Waals surface area (Å²) < 4.78 is 0. The van der Waals surface area contributed by atoms with Crippen molar-refractivity contribution in [1.29, 1.82) is 5.26 Å². The number of hydrogen-bond donors (Lipinski definition) is 1. The van der Waals surface area contributed by atoms with E-state index in [0.717, 1.165) is 18.5 Å². The zero-order valence-corrected chi connectivity index (χ0v) is 11.1. The first-order valence-corrected chi connectivity index (χ1v) is 6.63. The molecule has 96 valence electrons. The average Bonchev–Trinajstić information content (AvgIpc) is 2.82. The van der Waals surface area contributed by atoms with Crippen molar-refractivity contribution in [3.05, 3.63) is 35.4 Å². The SMILES string of the molecule is CC(C)N1CCC(CN)C1c1cccc(C#N)c1. The van der Waals surface area contributed by atoms with Crippen LogP contribution in [0.3, 0.4) is 0 Å². The summed E-state index contributed by atoms with van der Waals surface area (Å²) in [5.41, 5.74) is 7.87. The van der Waals surface area contributed by atoms with E-state index in [-0.39, 0.29) is 0 Å². The molecule has 3 nitrogen and oxygen atoms in total. The summed E-state index contributed by atoms with van der Waals surface area (Å²) >= 11 is 0. The van der Waals surface area contributed by atoms with Crippen LogP contribution in [0.1, 0.15) is 37.4 Å². The van der Waals surface area contributed by atoms with Crippen LogP contribution in [0.15, 0.2) is 24.3 Å². The van der Waals surface area contributed by atoms with Gasteiger partial charge in [0, 0.05) is 12.1 Å². The first-order valence-electron chi connectivity index (χ1n) is 6.63. The molecule has 2 rings (SSSR count). The van der Waals surface area contributed by atoms with Crippen molar-refractivity contribution < 1.29 is 0 Å². The molecule has 0 saturated carbocycles. The van der Waals surface area contributed by atoms with Gasteiger partial charge in [-0.25, -0.2) is 0 Å². The summed E-state index contributed by atoms with van der Waals surface area (Å²) in [6, 6.07) is 11.0. The lowest BCUT2D eigenvalue weighted by Gasteiger charge is -2.31. The van der Waals surface area contributed by atoms with E-state index in [1.807, 2.05) is 18.2 Å². The van der Waals surface area contributed by atoms with Gasteiger partial charge in [-0.05, 0) is 57.0 Å². The Morgan fingerprint density at radius 3 is 2.89 bits per heavy atom. The van der Waals surface area contributed by atoms with Gasteiger partial charge in [0.05, 0.1) is 11.6 Å². The molecule has 2 unspecified atom stereocenters. The Labute approximate surface area is 109 Å². The lowest BCUT2D eigenvalue weighted by atomic mass is 9.92. The highest BCUT2D eigenvalue weighted by Gasteiger charge is 2.35. The molecule has 0 spiro atoms. The molecule has 1 saturated heterocycles. The average molecular weight is 243 g/mol. The van der Waals surface area contributed by atoms with Crippen LogP contribution < -0.4 is 5.73 Å². The molecule has 2 N–H and O–H groups in total. The minimum Gasteiger partial charge on any atom is -0.330 e. The third kappa shape index (κ3) is 2.40. The third-order valence-electron chi connectivity index (χ3n) is 3.89. The molecule has 1 aromatic rings. The van der Waals surface area contributed by atoms with E-state index < -0.39 is 0 Å². The lowest BCUT2D eigenvalue weighted by Crippen LogP contribution is -2.33. The van der Waals surface area contributed by atoms with Gasteiger partial charge < -0.3 is 5.73 Å². The number of nitrogens with zero attached hydrogens (tertiary/aromatic N) is 2. The Morgan fingerprint density at radius 1 is 1.50 bits per heavy atom. The van der Waals surface area contributed by atoms with E-state index in [2.05, 4.69) is 30.9 Å². The maximum Gasteiger partial charge on any atom is 0.0991 e. The van der Waals surface area contributed by atoms with Gasteiger partial charge in [0.15, 0.2) is 0 Å². The molecule has 1 aromatic carbocycles. The molecule has 1 aliphatic heterocycles. The Morgan fingerprint density at radius 2 is 2.28 bits per heavy atom. The van der Waals surface area contributed by atoms with Crippen molar-refractivity contribution in [2.75, 3.05) is 13.1 Å². The van der Waals surface area contributed by atoms with Crippen LogP contribution >= 0.6 is 0 Å². The summed E-state index contributed by atoms with van der Waals surface area (Å²) in [5, 5.41) is 9.01. The highest BCUT2D eigenvalue weighted by Crippen LogP contribution is 2.38. The quantitative estimate of drug-likeness (QED) is 0.886. The summed E-state index contributed by atoms with van der Waals surface area (Å²) in [4.78, 5) is 2.49. The van der Waals surface area contributed by atoms with Crippen molar-refractivity contribution >= 4 is 0 Å². The fraction of sp³-hybridized carbons (Fsp3) is 0.533. The second kappa shape index (κ2) is 5.51. The largest absolute Gasteiger partial charge is 0.330 e. The predicted molar refractivity (Wildman–Crippen MR) is 72.9 cm³/mol. The summed E-state index contributed by atoms with van der Waals surface area (Å²) in [6.45, 7) is 6.26. The fourth-order valence-corrected chi connectivity index (χ4v) is 2.96.